The van der Waals surface area contributed by atoms with Crippen molar-refractivity contribution in [2.75, 3.05) is 46.0 Å². The molecule has 1 unspecified atom stereocenters. The van der Waals surface area contributed by atoms with Crippen LogP contribution in [0.2, 0.25) is 0 Å². The molecule has 3 N–H and O–H groups in total. The number of carbonyl (C=O) groups excluding carboxylic acids is 1. The summed E-state index contributed by atoms with van der Waals surface area (Å²) in [6, 6.07) is 8.11. The van der Waals surface area contributed by atoms with Crippen LogP contribution in [-0.2, 0) is 11.2 Å². The Hall–Kier alpha value is -1.59. The van der Waals surface area contributed by atoms with E-state index in [1.807, 2.05) is 24.3 Å². The first-order chi connectivity index (χ1) is 10.0. The summed E-state index contributed by atoms with van der Waals surface area (Å²) in [5.41, 5.74) is 7.55. The van der Waals surface area contributed by atoms with E-state index >= 15 is 0 Å². The van der Waals surface area contributed by atoms with E-state index in [9.17, 15) is 4.79 Å². The van der Waals surface area contributed by atoms with E-state index < -0.39 is 0 Å². The summed E-state index contributed by atoms with van der Waals surface area (Å²) in [5, 5.41) is 3.05. The molecule has 0 aliphatic carbocycles. The zero-order valence-electron chi connectivity index (χ0n) is 13.0. The number of nitrogens with two attached hydrogens (primary N) is 1. The minimum absolute atomic E-state index is 0.119. The van der Waals surface area contributed by atoms with Crippen LogP contribution in [0.5, 0.6) is 0 Å². The number of nitrogen functional groups attached to an aromatic ring is 1. The number of piperazine rings is 1. The summed E-state index contributed by atoms with van der Waals surface area (Å²) in [6.45, 7) is 3.89. The molecule has 0 radical (unpaired) electrons. The number of anilines is 1. The second kappa shape index (κ2) is 7.43. The van der Waals surface area contributed by atoms with Crippen molar-refractivity contribution in [2.24, 2.45) is 0 Å². The summed E-state index contributed by atoms with van der Waals surface area (Å²) < 4.78 is 0. The summed E-state index contributed by atoms with van der Waals surface area (Å²) in [7, 11) is 4.25. The highest BCUT2D eigenvalue weighted by atomic mass is 16.1. The molecule has 1 aromatic carbocycles. The van der Waals surface area contributed by atoms with Crippen LogP contribution in [0.1, 0.15) is 12.0 Å². The molecule has 1 heterocycles. The van der Waals surface area contributed by atoms with E-state index in [0.29, 0.717) is 12.5 Å². The molecule has 2 rings (SSSR count). The van der Waals surface area contributed by atoms with Gasteiger partial charge in [-0.15, -0.1) is 0 Å². The maximum Gasteiger partial charge on any atom is 0.220 e. The van der Waals surface area contributed by atoms with Gasteiger partial charge in [-0.3, -0.25) is 9.69 Å². The molecule has 1 atom stereocenters. The van der Waals surface area contributed by atoms with Gasteiger partial charge < -0.3 is 16.0 Å². The molecule has 0 bridgehead atoms. The van der Waals surface area contributed by atoms with Crippen LogP contribution in [-0.4, -0.2) is 62.0 Å². The fourth-order valence-electron chi connectivity index (χ4n) is 2.58. The van der Waals surface area contributed by atoms with Gasteiger partial charge in [-0.1, -0.05) is 12.1 Å². The van der Waals surface area contributed by atoms with Crippen molar-refractivity contribution in [3.63, 3.8) is 0 Å². The Morgan fingerprint density at radius 3 is 2.71 bits per heavy atom. The fourth-order valence-corrected chi connectivity index (χ4v) is 2.58. The average Bonchev–Trinajstić information content (AvgIpc) is 2.47. The highest BCUT2D eigenvalue weighted by Crippen LogP contribution is 2.08. The minimum Gasteiger partial charge on any atom is -0.399 e. The number of aryl methyl sites for hydroxylation is 1. The second-order valence-corrected chi connectivity index (χ2v) is 5.94. The lowest BCUT2D eigenvalue weighted by molar-refractivity contribution is -0.121. The van der Waals surface area contributed by atoms with Crippen molar-refractivity contribution >= 4 is 11.6 Å². The van der Waals surface area contributed by atoms with Crippen LogP contribution in [0.3, 0.4) is 0 Å². The van der Waals surface area contributed by atoms with Crippen LogP contribution in [0.4, 0.5) is 5.69 Å². The third-order valence-electron chi connectivity index (χ3n) is 4.14. The molecule has 116 valence electrons. The average molecular weight is 290 g/mol. The highest BCUT2D eigenvalue weighted by Gasteiger charge is 2.22. The molecule has 1 aliphatic rings. The molecular weight excluding hydrogens is 264 g/mol. The first-order valence-corrected chi connectivity index (χ1v) is 7.54. The SMILES string of the molecule is CN1CCN(C)C(CNC(=O)CCc2ccc(N)cc2)C1. The maximum absolute atomic E-state index is 11.9. The van der Waals surface area contributed by atoms with E-state index in [1.165, 1.54) is 0 Å². The number of nitrogens with one attached hydrogen (secondary N) is 1. The molecule has 0 spiro atoms. The monoisotopic (exact) mass is 290 g/mol. The first kappa shape index (κ1) is 15.8. The summed E-state index contributed by atoms with van der Waals surface area (Å²) in [4.78, 5) is 16.6. The smallest absolute Gasteiger partial charge is 0.220 e. The number of nitrogens with zero attached hydrogens (tertiary/aromatic N) is 2. The van der Waals surface area contributed by atoms with Gasteiger partial charge in [0.05, 0.1) is 0 Å². The number of hydrogen-bond acceptors (Lipinski definition) is 4. The molecule has 5 nitrogen and oxygen atoms in total. The van der Waals surface area contributed by atoms with E-state index in [1.54, 1.807) is 0 Å². The van der Waals surface area contributed by atoms with Gasteiger partial charge in [0.2, 0.25) is 5.91 Å². The maximum atomic E-state index is 11.9. The lowest BCUT2D eigenvalue weighted by Gasteiger charge is -2.37. The van der Waals surface area contributed by atoms with Crippen molar-refractivity contribution in [1.29, 1.82) is 0 Å². The van der Waals surface area contributed by atoms with Gasteiger partial charge in [-0.25, -0.2) is 0 Å². The Morgan fingerprint density at radius 1 is 1.29 bits per heavy atom. The number of benzene rings is 1. The van der Waals surface area contributed by atoms with Crippen molar-refractivity contribution < 1.29 is 4.79 Å². The molecule has 1 amide bonds. The number of carbonyl (C=O) groups is 1. The Morgan fingerprint density at radius 2 is 2.00 bits per heavy atom. The van der Waals surface area contributed by atoms with Gasteiger partial charge in [-0.05, 0) is 38.2 Å². The summed E-state index contributed by atoms with van der Waals surface area (Å²) >= 11 is 0. The quantitative estimate of drug-likeness (QED) is 0.778. The normalized spacial score (nSPS) is 20.4. The van der Waals surface area contributed by atoms with Crippen molar-refractivity contribution in [1.82, 2.24) is 15.1 Å². The Kier molecular flexibility index (Phi) is 5.59. The van der Waals surface area contributed by atoms with Crippen LogP contribution in [0, 0.1) is 0 Å². The highest BCUT2D eigenvalue weighted by molar-refractivity contribution is 5.76. The number of amides is 1. The van der Waals surface area contributed by atoms with Gasteiger partial charge in [0, 0.05) is 44.3 Å². The van der Waals surface area contributed by atoms with Crippen molar-refractivity contribution in [2.45, 2.75) is 18.9 Å². The fraction of sp³-hybridized carbons (Fsp3) is 0.562. The third-order valence-corrected chi connectivity index (χ3v) is 4.14. The zero-order valence-corrected chi connectivity index (χ0v) is 13.0. The molecule has 1 aliphatic heterocycles. The Balaban J connectivity index is 1.70. The molecule has 5 heteroatoms. The molecule has 1 saturated heterocycles. The van der Waals surface area contributed by atoms with E-state index in [-0.39, 0.29) is 5.91 Å². The Labute approximate surface area is 127 Å². The topological polar surface area (TPSA) is 61.6 Å². The van der Waals surface area contributed by atoms with Crippen molar-refractivity contribution in [3.05, 3.63) is 29.8 Å². The van der Waals surface area contributed by atoms with Gasteiger partial charge >= 0.3 is 0 Å². The number of rotatable bonds is 5. The largest absolute Gasteiger partial charge is 0.399 e. The molecular formula is C16H26N4O. The summed E-state index contributed by atoms with van der Waals surface area (Å²) in [5.74, 6) is 0.119. The molecule has 1 fully saturated rings. The van der Waals surface area contributed by atoms with Crippen LogP contribution < -0.4 is 11.1 Å². The molecule has 21 heavy (non-hydrogen) atoms. The summed E-state index contributed by atoms with van der Waals surface area (Å²) in [6.07, 6.45) is 1.28. The van der Waals surface area contributed by atoms with Gasteiger partial charge in [0.15, 0.2) is 0 Å². The van der Waals surface area contributed by atoms with E-state index in [2.05, 4.69) is 29.2 Å². The van der Waals surface area contributed by atoms with E-state index in [4.69, 9.17) is 5.73 Å². The van der Waals surface area contributed by atoms with Crippen LogP contribution in [0.15, 0.2) is 24.3 Å². The second-order valence-electron chi connectivity index (χ2n) is 5.94. The van der Waals surface area contributed by atoms with Crippen molar-refractivity contribution in [3.8, 4) is 0 Å². The predicted molar refractivity (Wildman–Crippen MR) is 86.1 cm³/mol. The first-order valence-electron chi connectivity index (χ1n) is 7.54. The predicted octanol–water partition coefficient (Wildman–Crippen LogP) is 0.563. The number of hydrogen-bond donors (Lipinski definition) is 2. The number of likely N-dealkylation sites (N-methyl/N-ethyl adjacent to an activating group) is 2. The molecule has 0 saturated carbocycles. The van der Waals surface area contributed by atoms with E-state index in [0.717, 1.165) is 43.9 Å². The molecule has 0 aromatic heterocycles. The van der Waals surface area contributed by atoms with Gasteiger partial charge in [-0.2, -0.15) is 0 Å². The Bertz CT molecular complexity index is 460. The van der Waals surface area contributed by atoms with Crippen LogP contribution >= 0.6 is 0 Å². The lowest BCUT2D eigenvalue weighted by Crippen LogP contribution is -2.54. The van der Waals surface area contributed by atoms with Crippen LogP contribution in [0.25, 0.3) is 0 Å². The third kappa shape index (κ3) is 5.02. The van der Waals surface area contributed by atoms with Gasteiger partial charge in [0.1, 0.15) is 0 Å². The minimum atomic E-state index is 0.119. The zero-order chi connectivity index (χ0) is 15.2. The molecule has 1 aromatic rings. The standard InChI is InChI=1S/C16H26N4O/c1-19-9-10-20(2)15(12-19)11-18-16(21)8-5-13-3-6-14(17)7-4-13/h3-4,6-7,15H,5,8-12,17H2,1-2H3,(H,18,21). The van der Waals surface area contributed by atoms with Gasteiger partial charge in [0.25, 0.3) is 0 Å². The lowest BCUT2D eigenvalue weighted by atomic mass is 10.1.